The maximum atomic E-state index is 13.1. The Bertz CT molecular complexity index is 933. The number of primary amides is 1. The van der Waals surface area contributed by atoms with Crippen LogP contribution in [0, 0.1) is 6.92 Å². The minimum atomic E-state index is -0.812. The SMILES string of the molecule is Cc1ncc2n1C(=O)N(C1CCN(C(=O)C(NC(N)=O)c3ccccc3)CC1)C2. The van der Waals surface area contributed by atoms with Crippen molar-refractivity contribution in [3.8, 4) is 0 Å². The van der Waals surface area contributed by atoms with E-state index in [-0.39, 0.29) is 18.0 Å². The highest BCUT2D eigenvalue weighted by molar-refractivity contribution is 5.88. The number of hydrogen-bond donors (Lipinski definition) is 2. The monoisotopic (exact) mass is 396 g/mol. The molecule has 152 valence electrons. The average Bonchev–Trinajstić information content (AvgIpc) is 3.26. The molecule has 1 fully saturated rings. The lowest BCUT2D eigenvalue weighted by Crippen LogP contribution is -2.50. The van der Waals surface area contributed by atoms with E-state index in [0.29, 0.717) is 43.9 Å². The van der Waals surface area contributed by atoms with E-state index in [4.69, 9.17) is 5.73 Å². The lowest BCUT2D eigenvalue weighted by molar-refractivity contribution is -0.134. The number of nitrogens with one attached hydrogen (secondary N) is 1. The van der Waals surface area contributed by atoms with Crippen LogP contribution < -0.4 is 11.1 Å². The lowest BCUT2D eigenvalue weighted by Gasteiger charge is -2.37. The number of carbonyl (C=O) groups is 3. The molecule has 2 aliphatic rings. The van der Waals surface area contributed by atoms with Crippen LogP contribution in [0.25, 0.3) is 0 Å². The van der Waals surface area contributed by atoms with Gasteiger partial charge in [-0.15, -0.1) is 0 Å². The summed E-state index contributed by atoms with van der Waals surface area (Å²) in [7, 11) is 0. The molecule has 1 saturated heterocycles. The van der Waals surface area contributed by atoms with Gasteiger partial charge in [0.05, 0.1) is 18.4 Å². The highest BCUT2D eigenvalue weighted by atomic mass is 16.2. The highest BCUT2D eigenvalue weighted by Crippen LogP contribution is 2.27. The zero-order valence-electron chi connectivity index (χ0n) is 16.2. The topological polar surface area (TPSA) is 114 Å². The Morgan fingerprint density at radius 1 is 1.21 bits per heavy atom. The number of piperidine rings is 1. The number of benzene rings is 1. The number of fused-ring (bicyclic) bond motifs is 1. The Labute approximate surface area is 168 Å². The number of imidazole rings is 1. The Kier molecular flexibility index (Phi) is 4.96. The zero-order valence-corrected chi connectivity index (χ0v) is 16.2. The lowest BCUT2D eigenvalue weighted by atomic mass is 10.0. The number of aromatic nitrogens is 2. The van der Waals surface area contributed by atoms with Gasteiger partial charge in [0.2, 0.25) is 5.91 Å². The normalized spacial score (nSPS) is 17.9. The predicted molar refractivity (Wildman–Crippen MR) is 105 cm³/mol. The summed E-state index contributed by atoms with van der Waals surface area (Å²) in [4.78, 5) is 45.0. The van der Waals surface area contributed by atoms with Crippen molar-refractivity contribution in [3.63, 3.8) is 0 Å². The van der Waals surface area contributed by atoms with Crippen LogP contribution in [0.2, 0.25) is 0 Å². The Morgan fingerprint density at radius 2 is 1.90 bits per heavy atom. The second-order valence-corrected chi connectivity index (χ2v) is 7.45. The molecule has 0 bridgehead atoms. The molecule has 4 amide bonds. The maximum absolute atomic E-state index is 13.1. The first-order chi connectivity index (χ1) is 14.0. The van der Waals surface area contributed by atoms with E-state index >= 15 is 0 Å². The van der Waals surface area contributed by atoms with Gasteiger partial charge in [-0.25, -0.2) is 14.6 Å². The summed E-state index contributed by atoms with van der Waals surface area (Å²) in [6.45, 7) is 3.40. The minimum Gasteiger partial charge on any atom is -0.352 e. The largest absolute Gasteiger partial charge is 0.352 e. The van der Waals surface area contributed by atoms with Gasteiger partial charge in [0.1, 0.15) is 11.9 Å². The maximum Gasteiger partial charge on any atom is 0.330 e. The van der Waals surface area contributed by atoms with Crippen molar-refractivity contribution in [1.82, 2.24) is 24.7 Å². The fourth-order valence-electron chi connectivity index (χ4n) is 4.18. The van der Waals surface area contributed by atoms with E-state index < -0.39 is 12.1 Å². The Balaban J connectivity index is 1.42. The first-order valence-electron chi connectivity index (χ1n) is 9.69. The van der Waals surface area contributed by atoms with Crippen molar-refractivity contribution in [2.45, 2.75) is 38.4 Å². The Morgan fingerprint density at radius 3 is 2.52 bits per heavy atom. The summed E-state index contributed by atoms with van der Waals surface area (Å²) in [5, 5.41) is 2.55. The van der Waals surface area contributed by atoms with Crippen molar-refractivity contribution in [1.29, 1.82) is 0 Å². The number of carbonyl (C=O) groups excluding carboxylic acids is 3. The van der Waals surface area contributed by atoms with Gasteiger partial charge in [-0.2, -0.15) is 0 Å². The van der Waals surface area contributed by atoms with Gasteiger partial charge in [0, 0.05) is 19.1 Å². The highest BCUT2D eigenvalue weighted by Gasteiger charge is 2.37. The molecule has 1 atom stereocenters. The van der Waals surface area contributed by atoms with Gasteiger partial charge in [-0.1, -0.05) is 30.3 Å². The quantitative estimate of drug-likeness (QED) is 0.812. The number of nitrogens with two attached hydrogens (primary N) is 1. The minimum absolute atomic E-state index is 0.0441. The molecule has 29 heavy (non-hydrogen) atoms. The van der Waals surface area contributed by atoms with Crippen LogP contribution in [0.3, 0.4) is 0 Å². The summed E-state index contributed by atoms with van der Waals surface area (Å²) in [6.07, 6.45) is 3.12. The summed E-state index contributed by atoms with van der Waals surface area (Å²) < 4.78 is 1.65. The zero-order chi connectivity index (χ0) is 20.5. The summed E-state index contributed by atoms with van der Waals surface area (Å²) >= 11 is 0. The summed E-state index contributed by atoms with van der Waals surface area (Å²) in [5.41, 5.74) is 6.88. The Hall–Kier alpha value is -3.36. The van der Waals surface area contributed by atoms with Crippen LogP contribution in [0.4, 0.5) is 9.59 Å². The average molecular weight is 396 g/mol. The number of urea groups is 1. The standard InChI is InChI=1S/C20H24N6O3/c1-13-22-11-16-12-25(20(29)26(13)16)15-7-9-24(10-8-15)18(27)17(23-19(21)28)14-5-3-2-4-6-14/h2-6,11,15,17H,7-10,12H2,1H3,(H3,21,23,28). The molecular weight excluding hydrogens is 372 g/mol. The number of likely N-dealkylation sites (tertiary alicyclic amines) is 1. The van der Waals surface area contributed by atoms with Gasteiger partial charge >= 0.3 is 12.1 Å². The fraction of sp³-hybridized carbons (Fsp3) is 0.400. The molecule has 1 aromatic carbocycles. The number of nitrogens with zero attached hydrogens (tertiary/aromatic N) is 4. The third kappa shape index (κ3) is 3.55. The van der Waals surface area contributed by atoms with E-state index in [1.54, 1.807) is 27.8 Å². The molecule has 0 saturated carbocycles. The van der Waals surface area contributed by atoms with Crippen molar-refractivity contribution >= 4 is 18.0 Å². The van der Waals surface area contributed by atoms with Crippen LogP contribution in [0.1, 0.15) is 36.0 Å². The van der Waals surface area contributed by atoms with E-state index in [1.165, 1.54) is 0 Å². The predicted octanol–water partition coefficient (Wildman–Crippen LogP) is 1.38. The molecule has 4 rings (SSSR count). The van der Waals surface area contributed by atoms with Crippen molar-refractivity contribution in [2.75, 3.05) is 13.1 Å². The molecule has 9 heteroatoms. The molecule has 0 spiro atoms. The molecule has 0 aliphatic carbocycles. The molecule has 9 nitrogen and oxygen atoms in total. The van der Waals surface area contributed by atoms with Crippen LogP contribution in [-0.2, 0) is 11.3 Å². The van der Waals surface area contributed by atoms with Gasteiger partial charge in [0.25, 0.3) is 0 Å². The van der Waals surface area contributed by atoms with E-state index in [9.17, 15) is 14.4 Å². The second-order valence-electron chi connectivity index (χ2n) is 7.45. The van der Waals surface area contributed by atoms with E-state index in [2.05, 4.69) is 10.3 Å². The molecule has 1 unspecified atom stereocenters. The number of rotatable bonds is 4. The molecule has 2 aromatic rings. The van der Waals surface area contributed by atoms with Crippen molar-refractivity contribution in [3.05, 3.63) is 53.6 Å². The molecule has 1 aromatic heterocycles. The number of amides is 4. The first-order valence-corrected chi connectivity index (χ1v) is 9.69. The van der Waals surface area contributed by atoms with Gasteiger partial charge < -0.3 is 20.9 Å². The molecule has 2 aliphatic heterocycles. The molecule has 3 heterocycles. The third-order valence-corrected chi connectivity index (χ3v) is 5.66. The fourth-order valence-corrected chi connectivity index (χ4v) is 4.18. The molecular formula is C20H24N6O3. The van der Waals surface area contributed by atoms with E-state index in [1.807, 2.05) is 30.0 Å². The summed E-state index contributed by atoms with van der Waals surface area (Å²) in [5.74, 6) is 0.510. The van der Waals surface area contributed by atoms with Crippen molar-refractivity contribution in [2.24, 2.45) is 5.73 Å². The second kappa shape index (κ2) is 7.57. The molecule has 3 N–H and O–H groups in total. The number of aryl methyl sites for hydroxylation is 1. The van der Waals surface area contributed by atoms with E-state index in [0.717, 1.165) is 5.69 Å². The third-order valence-electron chi connectivity index (χ3n) is 5.66. The number of hydrogen-bond acceptors (Lipinski definition) is 4. The molecule has 0 radical (unpaired) electrons. The van der Waals surface area contributed by atoms with Gasteiger partial charge in [-0.3, -0.25) is 9.36 Å². The van der Waals surface area contributed by atoms with Crippen LogP contribution in [0.5, 0.6) is 0 Å². The van der Waals surface area contributed by atoms with Gasteiger partial charge in [0.15, 0.2) is 0 Å². The van der Waals surface area contributed by atoms with Gasteiger partial charge in [-0.05, 0) is 25.3 Å². The summed E-state index contributed by atoms with van der Waals surface area (Å²) in [6, 6.07) is 7.54. The smallest absolute Gasteiger partial charge is 0.330 e. The van der Waals surface area contributed by atoms with Crippen LogP contribution in [0.15, 0.2) is 36.5 Å². The van der Waals surface area contributed by atoms with Crippen molar-refractivity contribution < 1.29 is 14.4 Å². The van der Waals surface area contributed by atoms with Crippen LogP contribution >= 0.6 is 0 Å². The van der Waals surface area contributed by atoms with Crippen LogP contribution in [-0.4, -0.2) is 56.5 Å². The first kappa shape index (κ1) is 19.0.